The van der Waals surface area contributed by atoms with Gasteiger partial charge in [0.25, 0.3) is 0 Å². The Balaban J connectivity index is 0. The molecule has 0 amide bonds. The Morgan fingerprint density at radius 2 is 1.80 bits per heavy atom. The largest absolute Gasteiger partial charge is 0.479 e. The molecule has 0 aromatic rings. The fourth-order valence-corrected chi connectivity index (χ4v) is 0. The molecule has 0 rings (SSSR count). The highest BCUT2D eigenvalue weighted by Crippen LogP contribution is 1.74. The highest BCUT2D eigenvalue weighted by molar-refractivity contribution is 7.38. The topological polar surface area (TPSA) is 68.8 Å². The Labute approximate surface area is 31.5 Å². The fraction of sp³-hybridized carbons (Fsp3) is 0. The van der Waals surface area contributed by atoms with Crippen LogP contribution in [0.2, 0.25) is 0 Å². The quantitative estimate of drug-likeness (QED) is 0.421. The standard InChI is InChI=1S/CH3O2P.H2O/c2-1(3)4;/h4H2,(H,2,3);1H2. The SMILES string of the molecule is O.O=C(O)P. The number of hydrogen-bond acceptors (Lipinski definition) is 1. The Bertz CT molecular complexity index is 29.9. The molecule has 0 aliphatic rings. The van der Waals surface area contributed by atoms with Crippen LogP contribution in [0.4, 0.5) is 4.79 Å². The van der Waals surface area contributed by atoms with Crippen molar-refractivity contribution >= 4 is 15.0 Å². The van der Waals surface area contributed by atoms with Crippen molar-refractivity contribution in [3.8, 4) is 0 Å². The summed E-state index contributed by atoms with van der Waals surface area (Å²) in [5, 5.41) is 7.38. The lowest BCUT2D eigenvalue weighted by Gasteiger charge is -1.59. The molecule has 0 fully saturated rings. The van der Waals surface area contributed by atoms with Crippen LogP contribution in [0.25, 0.3) is 0 Å². The van der Waals surface area contributed by atoms with Crippen LogP contribution in [-0.4, -0.2) is 16.3 Å². The first-order valence-corrected chi connectivity index (χ1v) is 1.29. The van der Waals surface area contributed by atoms with Gasteiger partial charge in [-0.2, -0.15) is 0 Å². The summed E-state index contributed by atoms with van der Waals surface area (Å²) in [6, 6.07) is 0. The van der Waals surface area contributed by atoms with Gasteiger partial charge in [0.2, 0.25) is 0 Å². The predicted molar refractivity (Wildman–Crippen MR) is 21.3 cm³/mol. The van der Waals surface area contributed by atoms with E-state index in [1.807, 2.05) is 0 Å². The van der Waals surface area contributed by atoms with Crippen LogP contribution in [0.3, 0.4) is 0 Å². The van der Waals surface area contributed by atoms with Gasteiger partial charge in [-0.05, 0) is 9.24 Å². The Morgan fingerprint density at radius 1 is 1.80 bits per heavy atom. The zero-order valence-electron chi connectivity index (χ0n) is 2.43. The minimum atomic E-state index is -0.917. The monoisotopic (exact) mass is 96.0 g/mol. The molecule has 1 unspecified atom stereocenters. The first-order chi connectivity index (χ1) is 1.73. The summed E-state index contributed by atoms with van der Waals surface area (Å²) in [4.78, 5) is 8.96. The lowest BCUT2D eigenvalue weighted by atomic mass is 11.6. The molecule has 0 heterocycles. The molecule has 3 N–H and O–H groups in total. The minimum Gasteiger partial charge on any atom is -0.479 e. The van der Waals surface area contributed by atoms with Gasteiger partial charge < -0.3 is 10.6 Å². The van der Waals surface area contributed by atoms with Crippen LogP contribution in [0.5, 0.6) is 0 Å². The summed E-state index contributed by atoms with van der Waals surface area (Å²) in [5.74, 6) is 0. The highest BCUT2D eigenvalue weighted by Gasteiger charge is 1.65. The summed E-state index contributed by atoms with van der Waals surface area (Å²) >= 11 is 0. The predicted octanol–water partition coefficient (Wildman–Crippen LogP) is -0.285. The van der Waals surface area contributed by atoms with E-state index in [1.54, 1.807) is 9.24 Å². The first kappa shape index (κ1) is 8.85. The van der Waals surface area contributed by atoms with E-state index < -0.39 is 5.71 Å². The number of rotatable bonds is 0. The van der Waals surface area contributed by atoms with Crippen LogP contribution in [0.15, 0.2) is 0 Å². The van der Waals surface area contributed by atoms with Crippen molar-refractivity contribution in [2.24, 2.45) is 0 Å². The summed E-state index contributed by atoms with van der Waals surface area (Å²) in [6.45, 7) is 0. The van der Waals surface area contributed by atoms with Crippen LogP contribution in [-0.2, 0) is 0 Å². The molecule has 0 aliphatic carbocycles. The lowest BCUT2D eigenvalue weighted by molar-refractivity contribution is 0.222. The van der Waals surface area contributed by atoms with Crippen molar-refractivity contribution in [1.29, 1.82) is 0 Å². The summed E-state index contributed by atoms with van der Waals surface area (Å²) in [5.41, 5.74) is -0.917. The third-order valence-electron chi connectivity index (χ3n) is 0. The van der Waals surface area contributed by atoms with E-state index in [9.17, 15) is 0 Å². The van der Waals surface area contributed by atoms with E-state index in [-0.39, 0.29) is 5.48 Å². The van der Waals surface area contributed by atoms with Crippen molar-refractivity contribution in [2.45, 2.75) is 0 Å². The maximum atomic E-state index is 8.96. The molecule has 0 bridgehead atoms. The molecule has 3 nitrogen and oxygen atoms in total. The van der Waals surface area contributed by atoms with Gasteiger partial charge in [-0.25, -0.2) is 4.79 Å². The van der Waals surface area contributed by atoms with Crippen molar-refractivity contribution in [1.82, 2.24) is 0 Å². The molecule has 0 saturated carbocycles. The molecule has 0 aromatic carbocycles. The zero-order valence-corrected chi connectivity index (χ0v) is 3.59. The first-order valence-electron chi connectivity index (χ1n) is 0.716. The Kier molecular flexibility index (Phi) is 6.83. The lowest BCUT2D eigenvalue weighted by Crippen LogP contribution is -1.65. The van der Waals surface area contributed by atoms with Crippen molar-refractivity contribution in [3.63, 3.8) is 0 Å². The summed E-state index contributed by atoms with van der Waals surface area (Å²) in [7, 11) is 1.57. The summed E-state index contributed by atoms with van der Waals surface area (Å²) < 4.78 is 0. The van der Waals surface area contributed by atoms with Gasteiger partial charge in [-0.1, -0.05) is 0 Å². The normalized spacial score (nSPS) is 5.00. The van der Waals surface area contributed by atoms with Gasteiger partial charge >= 0.3 is 5.71 Å². The molecule has 0 aromatic heterocycles. The van der Waals surface area contributed by atoms with Gasteiger partial charge in [0.15, 0.2) is 0 Å². The van der Waals surface area contributed by atoms with E-state index >= 15 is 0 Å². The van der Waals surface area contributed by atoms with Gasteiger partial charge in [0, 0.05) is 0 Å². The third kappa shape index (κ3) is 681. The van der Waals surface area contributed by atoms with Gasteiger partial charge in [-0.3, -0.25) is 0 Å². The van der Waals surface area contributed by atoms with E-state index in [4.69, 9.17) is 9.90 Å². The van der Waals surface area contributed by atoms with Gasteiger partial charge in [-0.15, -0.1) is 0 Å². The van der Waals surface area contributed by atoms with Crippen LogP contribution in [0, 0.1) is 0 Å². The van der Waals surface area contributed by atoms with Gasteiger partial charge in [0.1, 0.15) is 0 Å². The highest BCUT2D eigenvalue weighted by atomic mass is 31.0. The van der Waals surface area contributed by atoms with Crippen LogP contribution < -0.4 is 0 Å². The molecule has 0 saturated heterocycles. The minimum absolute atomic E-state index is 0. The molecule has 32 valence electrons. The Morgan fingerprint density at radius 3 is 1.80 bits per heavy atom. The van der Waals surface area contributed by atoms with Crippen molar-refractivity contribution in [3.05, 3.63) is 0 Å². The number of carboxylic acid groups (broad SMARTS) is 1. The second-order valence-electron chi connectivity index (χ2n) is 0.338. The third-order valence-corrected chi connectivity index (χ3v) is 0. The molecule has 5 heavy (non-hydrogen) atoms. The van der Waals surface area contributed by atoms with E-state index in [2.05, 4.69) is 0 Å². The van der Waals surface area contributed by atoms with E-state index in [0.717, 1.165) is 0 Å². The van der Waals surface area contributed by atoms with E-state index in [0.29, 0.717) is 0 Å². The van der Waals surface area contributed by atoms with Crippen LogP contribution >= 0.6 is 9.24 Å². The molecule has 1 atom stereocenters. The molecule has 4 heteroatoms. The average molecular weight is 96.0 g/mol. The number of carbonyl (C=O) groups is 1. The zero-order chi connectivity index (χ0) is 3.58. The molecule has 0 radical (unpaired) electrons. The van der Waals surface area contributed by atoms with Crippen LogP contribution in [0.1, 0.15) is 0 Å². The molecular formula is CH5O3P. The van der Waals surface area contributed by atoms with Crippen molar-refractivity contribution < 1.29 is 15.4 Å². The second kappa shape index (κ2) is 3.86. The molecule has 0 aliphatic heterocycles. The maximum absolute atomic E-state index is 8.96. The van der Waals surface area contributed by atoms with Crippen molar-refractivity contribution in [2.75, 3.05) is 0 Å². The fourth-order valence-electron chi connectivity index (χ4n) is 0. The smallest absolute Gasteiger partial charge is 0.317 e. The average Bonchev–Trinajstić information content (AvgIpc) is 0.811. The van der Waals surface area contributed by atoms with Gasteiger partial charge in [0.05, 0.1) is 0 Å². The second-order valence-corrected chi connectivity index (χ2v) is 0.832. The number of hydrogen-bond donors (Lipinski definition) is 1. The summed E-state index contributed by atoms with van der Waals surface area (Å²) in [6.07, 6.45) is 0. The molecule has 0 spiro atoms. The molecular weight excluding hydrogens is 91.0 g/mol. The van der Waals surface area contributed by atoms with E-state index in [1.165, 1.54) is 0 Å². The maximum Gasteiger partial charge on any atom is 0.317 e. The Hall–Kier alpha value is -0.140.